The van der Waals surface area contributed by atoms with E-state index in [-0.39, 0.29) is 0 Å². The zero-order chi connectivity index (χ0) is 17.1. The van der Waals surface area contributed by atoms with Crippen molar-refractivity contribution in [3.8, 4) is 0 Å². The second kappa shape index (κ2) is 7.41. The molecule has 0 N–H and O–H groups in total. The predicted octanol–water partition coefficient (Wildman–Crippen LogP) is 7.14. The predicted molar refractivity (Wildman–Crippen MR) is 111 cm³/mol. The Morgan fingerprint density at radius 2 is 1.68 bits per heavy atom. The van der Waals surface area contributed by atoms with Crippen molar-refractivity contribution in [2.24, 2.45) is 0 Å². The minimum Gasteiger partial charge on any atom is -0.0844 e. The van der Waals surface area contributed by atoms with Crippen LogP contribution in [0.1, 0.15) is 36.0 Å². The average molecular weight is 389 g/mol. The first-order valence-corrected chi connectivity index (χ1v) is 9.70. The smallest absolute Gasteiger partial charge is 0.0247 e. The summed E-state index contributed by atoms with van der Waals surface area (Å²) >= 11 is 3.71. The van der Waals surface area contributed by atoms with E-state index >= 15 is 0 Å². The third-order valence-corrected chi connectivity index (χ3v) is 5.69. The van der Waals surface area contributed by atoms with Crippen LogP contribution in [0.4, 0.5) is 0 Å². The first-order valence-electron chi connectivity index (χ1n) is 8.91. The summed E-state index contributed by atoms with van der Waals surface area (Å²) in [6, 6.07) is 17.3. The van der Waals surface area contributed by atoms with Gasteiger partial charge in [-0.05, 0) is 71.2 Å². The van der Waals surface area contributed by atoms with Gasteiger partial charge in [-0.2, -0.15) is 0 Å². The minimum atomic E-state index is 1.00. The molecule has 0 unspecified atom stereocenters. The number of rotatable bonds is 1. The van der Waals surface area contributed by atoms with E-state index in [1.54, 1.807) is 0 Å². The van der Waals surface area contributed by atoms with Gasteiger partial charge in [-0.3, -0.25) is 0 Å². The molecular weight excluding hydrogens is 368 g/mol. The van der Waals surface area contributed by atoms with E-state index in [1.165, 1.54) is 33.4 Å². The van der Waals surface area contributed by atoms with Crippen LogP contribution in [0, 0.1) is 0 Å². The lowest BCUT2D eigenvalue weighted by molar-refractivity contribution is 0.957. The molecule has 0 amide bonds. The summed E-state index contributed by atoms with van der Waals surface area (Å²) in [5.41, 5.74) is 8.38. The molecule has 0 aromatic heterocycles. The second-order valence-corrected chi connectivity index (χ2v) is 7.41. The first-order chi connectivity index (χ1) is 12.3. The Labute approximate surface area is 158 Å². The minimum absolute atomic E-state index is 1.00. The van der Waals surface area contributed by atoms with E-state index < -0.39 is 0 Å². The number of fused-ring (bicyclic) bond motifs is 1. The molecule has 0 saturated heterocycles. The SMILES string of the molecule is Brc1ccccc1/C=C1/C2=C(C=CC/C=C\C2)CCc2ccccc21. The molecule has 0 atom stereocenters. The third kappa shape index (κ3) is 3.48. The molecule has 124 valence electrons. The van der Waals surface area contributed by atoms with Crippen molar-refractivity contribution < 1.29 is 0 Å². The summed E-state index contributed by atoms with van der Waals surface area (Å²) in [6.45, 7) is 0. The highest BCUT2D eigenvalue weighted by Gasteiger charge is 2.19. The van der Waals surface area contributed by atoms with Crippen molar-refractivity contribution in [1.82, 2.24) is 0 Å². The number of halogens is 1. The van der Waals surface area contributed by atoms with Crippen LogP contribution in [0.3, 0.4) is 0 Å². The van der Waals surface area contributed by atoms with Crippen LogP contribution >= 0.6 is 15.9 Å². The molecule has 0 aliphatic heterocycles. The van der Waals surface area contributed by atoms with Gasteiger partial charge in [0.15, 0.2) is 0 Å². The van der Waals surface area contributed by atoms with Gasteiger partial charge < -0.3 is 0 Å². The highest BCUT2D eigenvalue weighted by Crippen LogP contribution is 2.39. The Kier molecular flexibility index (Phi) is 4.85. The van der Waals surface area contributed by atoms with Gasteiger partial charge >= 0.3 is 0 Å². The van der Waals surface area contributed by atoms with Crippen LogP contribution in [-0.2, 0) is 6.42 Å². The highest BCUT2D eigenvalue weighted by molar-refractivity contribution is 9.10. The maximum absolute atomic E-state index is 3.71. The molecule has 2 aliphatic rings. The largest absolute Gasteiger partial charge is 0.0844 e. The number of hydrogen-bond acceptors (Lipinski definition) is 0. The Morgan fingerprint density at radius 1 is 0.840 bits per heavy atom. The van der Waals surface area contributed by atoms with Crippen LogP contribution < -0.4 is 0 Å². The van der Waals surface area contributed by atoms with Gasteiger partial charge in [-0.15, -0.1) is 0 Å². The maximum Gasteiger partial charge on any atom is 0.0247 e. The Hall–Kier alpha value is -2.12. The summed E-state index contributed by atoms with van der Waals surface area (Å²) in [7, 11) is 0. The summed E-state index contributed by atoms with van der Waals surface area (Å²) in [4.78, 5) is 0. The Morgan fingerprint density at radius 3 is 2.60 bits per heavy atom. The molecule has 0 fully saturated rings. The lowest BCUT2D eigenvalue weighted by atomic mass is 9.89. The van der Waals surface area contributed by atoms with Crippen molar-refractivity contribution >= 4 is 27.6 Å². The van der Waals surface area contributed by atoms with Crippen LogP contribution in [-0.4, -0.2) is 0 Å². The molecule has 2 aromatic rings. The summed E-state index contributed by atoms with van der Waals surface area (Å²) < 4.78 is 1.14. The molecule has 1 heteroatoms. The lowest BCUT2D eigenvalue weighted by Crippen LogP contribution is -1.95. The average Bonchev–Trinajstić information content (AvgIpc) is 2.74. The fourth-order valence-corrected chi connectivity index (χ4v) is 4.08. The highest BCUT2D eigenvalue weighted by atomic mass is 79.9. The molecule has 4 rings (SSSR count). The van der Waals surface area contributed by atoms with Crippen LogP contribution in [0.15, 0.2) is 88.5 Å². The van der Waals surface area contributed by atoms with Gasteiger partial charge in [0, 0.05) is 4.47 Å². The molecule has 2 aliphatic carbocycles. The van der Waals surface area contributed by atoms with Gasteiger partial charge in [0.1, 0.15) is 0 Å². The van der Waals surface area contributed by atoms with Crippen molar-refractivity contribution in [3.05, 3.63) is 105 Å². The van der Waals surface area contributed by atoms with Gasteiger partial charge in [0.25, 0.3) is 0 Å². The summed E-state index contributed by atoms with van der Waals surface area (Å²) in [6.07, 6.45) is 15.8. The van der Waals surface area contributed by atoms with E-state index in [2.05, 4.69) is 94.8 Å². The van der Waals surface area contributed by atoms with Crippen molar-refractivity contribution in [3.63, 3.8) is 0 Å². The second-order valence-electron chi connectivity index (χ2n) is 6.55. The van der Waals surface area contributed by atoms with Crippen molar-refractivity contribution in [2.45, 2.75) is 25.7 Å². The van der Waals surface area contributed by atoms with Gasteiger partial charge in [-0.1, -0.05) is 82.7 Å². The molecule has 25 heavy (non-hydrogen) atoms. The zero-order valence-electron chi connectivity index (χ0n) is 14.2. The maximum atomic E-state index is 3.71. The monoisotopic (exact) mass is 388 g/mol. The zero-order valence-corrected chi connectivity index (χ0v) is 15.8. The summed E-state index contributed by atoms with van der Waals surface area (Å²) in [5.74, 6) is 0. The molecule has 0 saturated carbocycles. The van der Waals surface area contributed by atoms with Gasteiger partial charge in [0.2, 0.25) is 0 Å². The van der Waals surface area contributed by atoms with Crippen LogP contribution in [0.2, 0.25) is 0 Å². The number of benzene rings is 2. The van der Waals surface area contributed by atoms with E-state index in [0.29, 0.717) is 0 Å². The van der Waals surface area contributed by atoms with E-state index in [1.807, 2.05) is 0 Å². The molecule has 0 radical (unpaired) electrons. The lowest BCUT2D eigenvalue weighted by Gasteiger charge is -2.16. The molecule has 0 bridgehead atoms. The third-order valence-electron chi connectivity index (χ3n) is 4.97. The fraction of sp³-hybridized carbons (Fsp3) is 0.167. The van der Waals surface area contributed by atoms with Crippen molar-refractivity contribution in [2.75, 3.05) is 0 Å². The summed E-state index contributed by atoms with van der Waals surface area (Å²) in [5, 5.41) is 0. The molecule has 0 heterocycles. The van der Waals surface area contributed by atoms with Gasteiger partial charge in [-0.25, -0.2) is 0 Å². The van der Waals surface area contributed by atoms with E-state index in [9.17, 15) is 0 Å². The molecule has 0 spiro atoms. The van der Waals surface area contributed by atoms with E-state index in [0.717, 1.165) is 30.2 Å². The Bertz CT molecular complexity index is 909. The molecule has 0 nitrogen and oxygen atoms in total. The van der Waals surface area contributed by atoms with E-state index in [4.69, 9.17) is 0 Å². The normalized spacial score (nSPS) is 19.6. The Balaban J connectivity index is 1.95. The van der Waals surface area contributed by atoms with Crippen LogP contribution in [0.25, 0.3) is 11.6 Å². The van der Waals surface area contributed by atoms with Gasteiger partial charge in [0.05, 0.1) is 0 Å². The molecule has 2 aromatic carbocycles. The quantitative estimate of drug-likeness (QED) is 0.455. The number of allylic oxidation sites excluding steroid dienone is 7. The van der Waals surface area contributed by atoms with Crippen LogP contribution in [0.5, 0.6) is 0 Å². The van der Waals surface area contributed by atoms with Crippen molar-refractivity contribution in [1.29, 1.82) is 0 Å². The topological polar surface area (TPSA) is 0 Å². The fourth-order valence-electron chi connectivity index (χ4n) is 3.68. The number of hydrogen-bond donors (Lipinski definition) is 0. The number of aryl methyl sites for hydroxylation is 1. The molecular formula is C24H21Br. The standard InChI is InChI=1S/C24H21Br/c25-24-14-8-6-11-20(24)17-23-21-12-4-2-1-3-9-18(21)15-16-19-10-5-7-13-22(19)23/h2-11,13-14,17H,1,12,15-16H2/b4-2-,9-3?,23-17-. The first kappa shape index (κ1) is 16.4.